The minimum absolute atomic E-state index is 0.161. The first-order valence-electron chi connectivity index (χ1n) is 10.5. The molecule has 1 amide bonds. The number of benzene rings is 3. The quantitative estimate of drug-likeness (QED) is 0.371. The van der Waals surface area contributed by atoms with Crippen LogP contribution in [0.1, 0.15) is 22.7 Å². The zero-order valence-electron chi connectivity index (χ0n) is 18.7. The topological polar surface area (TPSA) is 73.9 Å². The van der Waals surface area contributed by atoms with Gasteiger partial charge in [-0.25, -0.2) is 4.79 Å². The van der Waals surface area contributed by atoms with Gasteiger partial charge in [-0.2, -0.15) is 0 Å². The molecule has 6 nitrogen and oxygen atoms in total. The molecule has 0 radical (unpaired) electrons. The third-order valence-electron chi connectivity index (χ3n) is 4.98. The number of ether oxygens (including phenoxy) is 3. The fourth-order valence-electron chi connectivity index (χ4n) is 3.31. The molecule has 3 aromatic carbocycles. The summed E-state index contributed by atoms with van der Waals surface area (Å²) in [6, 6.07) is 24.9. The van der Waals surface area contributed by atoms with Crippen LogP contribution >= 0.6 is 0 Å². The van der Waals surface area contributed by atoms with Gasteiger partial charge in [0.2, 0.25) is 0 Å². The average Bonchev–Trinajstić information content (AvgIpc) is 2.87. The van der Waals surface area contributed by atoms with E-state index in [0.29, 0.717) is 17.9 Å². The van der Waals surface area contributed by atoms with Gasteiger partial charge in [0.1, 0.15) is 0 Å². The molecule has 6 heteroatoms. The number of rotatable bonds is 10. The van der Waals surface area contributed by atoms with E-state index in [9.17, 15) is 9.59 Å². The van der Waals surface area contributed by atoms with Crippen LogP contribution < -0.4 is 14.8 Å². The molecule has 0 bridgehead atoms. The second kappa shape index (κ2) is 12.1. The fourth-order valence-corrected chi connectivity index (χ4v) is 3.31. The summed E-state index contributed by atoms with van der Waals surface area (Å²) in [5, 5.41) is 3.07. The van der Waals surface area contributed by atoms with Gasteiger partial charge in [-0.3, -0.25) is 4.79 Å². The van der Waals surface area contributed by atoms with Crippen LogP contribution in [0.3, 0.4) is 0 Å². The maximum atomic E-state index is 12.7. The molecular formula is C27H27NO5. The third-order valence-corrected chi connectivity index (χ3v) is 4.98. The predicted octanol–water partition coefficient (Wildman–Crippen LogP) is 4.36. The maximum absolute atomic E-state index is 12.7. The van der Waals surface area contributed by atoms with Crippen molar-refractivity contribution in [3.8, 4) is 11.5 Å². The second-order valence-electron chi connectivity index (χ2n) is 7.28. The lowest BCUT2D eigenvalue weighted by atomic mass is 9.99. The van der Waals surface area contributed by atoms with Gasteiger partial charge in [-0.15, -0.1) is 0 Å². The highest BCUT2D eigenvalue weighted by Gasteiger charge is 2.16. The molecule has 0 saturated carbocycles. The largest absolute Gasteiger partial charge is 0.493 e. The molecule has 0 spiro atoms. The summed E-state index contributed by atoms with van der Waals surface area (Å²) in [4.78, 5) is 24.0. The van der Waals surface area contributed by atoms with Crippen LogP contribution in [-0.4, -0.2) is 32.7 Å². The molecule has 170 valence electrons. The van der Waals surface area contributed by atoms with Crippen molar-refractivity contribution in [1.29, 1.82) is 0 Å². The van der Waals surface area contributed by atoms with E-state index >= 15 is 0 Å². The number of nitrogens with one attached hydrogen (secondary N) is 1. The lowest BCUT2D eigenvalue weighted by molar-refractivity contribution is -0.134. The Hall–Kier alpha value is -4.06. The molecule has 0 heterocycles. The molecule has 3 rings (SSSR count). The standard InChI is InChI=1S/C27H27NO5/c1-31-25-18-21(14-16-27(30)32-2)13-15-24(25)33-19-26(29)28-23(22-11-7-4-8-12-22)17-20-9-5-3-6-10-20/h3-16,18,23H,17,19H2,1-2H3,(H,28,29)/b16-14+. The number of carbonyl (C=O) groups excluding carboxylic acids is 2. The van der Waals surface area contributed by atoms with Gasteiger partial charge in [-0.05, 0) is 41.3 Å². The highest BCUT2D eigenvalue weighted by molar-refractivity contribution is 5.87. The Labute approximate surface area is 193 Å². The molecule has 1 N–H and O–H groups in total. The first-order valence-corrected chi connectivity index (χ1v) is 10.5. The molecule has 0 aliphatic heterocycles. The third kappa shape index (κ3) is 7.25. The number of amides is 1. The van der Waals surface area contributed by atoms with E-state index in [0.717, 1.165) is 16.7 Å². The monoisotopic (exact) mass is 445 g/mol. The van der Waals surface area contributed by atoms with Crippen molar-refractivity contribution in [2.45, 2.75) is 12.5 Å². The number of carbonyl (C=O) groups is 2. The first kappa shape index (κ1) is 23.6. The van der Waals surface area contributed by atoms with Crippen LogP contribution in [0.15, 0.2) is 84.9 Å². The highest BCUT2D eigenvalue weighted by Crippen LogP contribution is 2.28. The lowest BCUT2D eigenvalue weighted by Gasteiger charge is -2.20. The molecule has 0 aromatic heterocycles. The van der Waals surface area contributed by atoms with Crippen LogP contribution in [0.2, 0.25) is 0 Å². The Morgan fingerprint density at radius 2 is 1.61 bits per heavy atom. The van der Waals surface area contributed by atoms with Crippen LogP contribution in [-0.2, 0) is 20.7 Å². The fraction of sp³-hybridized carbons (Fsp3) is 0.185. The van der Waals surface area contributed by atoms with Gasteiger partial charge >= 0.3 is 5.97 Å². The van der Waals surface area contributed by atoms with Crippen LogP contribution in [0.5, 0.6) is 11.5 Å². The molecule has 0 aliphatic carbocycles. The Bertz CT molecular complexity index is 1080. The van der Waals surface area contributed by atoms with E-state index in [4.69, 9.17) is 9.47 Å². The number of hydrogen-bond acceptors (Lipinski definition) is 5. The number of esters is 1. The molecule has 33 heavy (non-hydrogen) atoms. The van der Waals surface area contributed by atoms with Gasteiger partial charge in [-0.1, -0.05) is 66.7 Å². The van der Waals surface area contributed by atoms with Gasteiger partial charge in [0.25, 0.3) is 5.91 Å². The van der Waals surface area contributed by atoms with Crippen LogP contribution in [0.25, 0.3) is 6.08 Å². The molecule has 3 aromatic rings. The molecule has 1 atom stereocenters. The molecule has 0 aliphatic rings. The van der Waals surface area contributed by atoms with Gasteiger partial charge < -0.3 is 19.5 Å². The number of methoxy groups -OCH3 is 2. The van der Waals surface area contributed by atoms with Gasteiger partial charge in [0.15, 0.2) is 18.1 Å². The second-order valence-corrected chi connectivity index (χ2v) is 7.28. The van der Waals surface area contributed by atoms with Crippen molar-refractivity contribution in [1.82, 2.24) is 5.32 Å². The van der Waals surface area contributed by atoms with E-state index < -0.39 is 5.97 Å². The van der Waals surface area contributed by atoms with Crippen molar-refractivity contribution in [3.05, 3.63) is 102 Å². The zero-order chi connectivity index (χ0) is 23.5. The normalized spacial score (nSPS) is 11.6. The summed E-state index contributed by atoms with van der Waals surface area (Å²) in [6.45, 7) is -0.161. The van der Waals surface area contributed by atoms with E-state index in [2.05, 4.69) is 10.1 Å². The van der Waals surface area contributed by atoms with Crippen molar-refractivity contribution >= 4 is 18.0 Å². The first-order chi connectivity index (χ1) is 16.1. The lowest BCUT2D eigenvalue weighted by Crippen LogP contribution is -2.33. The van der Waals surface area contributed by atoms with Gasteiger partial charge in [0.05, 0.1) is 20.3 Å². The minimum Gasteiger partial charge on any atom is -0.493 e. The van der Waals surface area contributed by atoms with E-state index in [1.54, 1.807) is 24.3 Å². The van der Waals surface area contributed by atoms with Gasteiger partial charge in [0, 0.05) is 6.08 Å². The molecular weight excluding hydrogens is 418 g/mol. The zero-order valence-corrected chi connectivity index (χ0v) is 18.7. The smallest absolute Gasteiger partial charge is 0.330 e. The summed E-state index contributed by atoms with van der Waals surface area (Å²) < 4.78 is 15.7. The molecule has 1 unspecified atom stereocenters. The predicted molar refractivity (Wildman–Crippen MR) is 127 cm³/mol. The summed E-state index contributed by atoms with van der Waals surface area (Å²) in [5.41, 5.74) is 2.89. The SMILES string of the molecule is COC(=O)/C=C/c1ccc(OCC(=O)NC(Cc2ccccc2)c2ccccc2)c(OC)c1. The van der Waals surface area contributed by atoms with Crippen molar-refractivity contribution in [3.63, 3.8) is 0 Å². The van der Waals surface area contributed by atoms with Crippen molar-refractivity contribution in [2.75, 3.05) is 20.8 Å². The van der Waals surface area contributed by atoms with Crippen molar-refractivity contribution in [2.24, 2.45) is 0 Å². The Kier molecular flexibility index (Phi) is 8.65. The van der Waals surface area contributed by atoms with E-state index in [1.165, 1.54) is 20.3 Å². The highest BCUT2D eigenvalue weighted by atomic mass is 16.5. The molecule has 0 saturated heterocycles. The average molecular weight is 446 g/mol. The van der Waals surface area contributed by atoms with Crippen LogP contribution in [0.4, 0.5) is 0 Å². The summed E-state index contributed by atoms with van der Waals surface area (Å²) >= 11 is 0. The van der Waals surface area contributed by atoms with Crippen molar-refractivity contribution < 1.29 is 23.8 Å². The number of hydrogen-bond donors (Lipinski definition) is 1. The summed E-state index contributed by atoms with van der Waals surface area (Å²) in [7, 11) is 2.83. The minimum atomic E-state index is -0.450. The maximum Gasteiger partial charge on any atom is 0.330 e. The van der Waals surface area contributed by atoms with E-state index in [-0.39, 0.29) is 18.6 Å². The Balaban J connectivity index is 1.66. The summed E-state index contributed by atoms with van der Waals surface area (Å²) in [6.07, 6.45) is 3.60. The Morgan fingerprint density at radius 3 is 2.27 bits per heavy atom. The van der Waals surface area contributed by atoms with E-state index in [1.807, 2.05) is 60.7 Å². The van der Waals surface area contributed by atoms with Crippen LogP contribution in [0, 0.1) is 0 Å². The Morgan fingerprint density at radius 1 is 0.909 bits per heavy atom. The molecule has 0 fully saturated rings. The summed E-state index contributed by atoms with van der Waals surface area (Å²) in [5.74, 6) is 0.201.